The second-order valence-corrected chi connectivity index (χ2v) is 9.31. The van der Waals surface area contributed by atoms with Gasteiger partial charge in [-0.2, -0.15) is 0 Å². The van der Waals surface area contributed by atoms with Crippen LogP contribution in [-0.2, 0) is 4.79 Å². The van der Waals surface area contributed by atoms with E-state index in [1.165, 1.54) is 11.8 Å². The van der Waals surface area contributed by atoms with Crippen molar-refractivity contribution in [2.45, 2.75) is 13.3 Å². The van der Waals surface area contributed by atoms with Crippen LogP contribution in [0.2, 0.25) is 0 Å². The number of benzene rings is 3. The van der Waals surface area contributed by atoms with Gasteiger partial charge in [-0.3, -0.25) is 9.69 Å². The van der Waals surface area contributed by atoms with Crippen molar-refractivity contribution in [2.24, 2.45) is 0 Å². The second-order valence-electron chi connectivity index (χ2n) is 7.63. The van der Waals surface area contributed by atoms with E-state index < -0.39 is 0 Å². The Hall–Kier alpha value is -3.29. The molecule has 0 aromatic heterocycles. The monoisotopic (exact) mass is 491 g/mol. The number of hydrogen-bond donors (Lipinski definition) is 0. The standard InChI is InChI=1S/C27H25NO4S2/c1-19-8-5-10-21(16-19)28-26(29)25(34-27(28)33)18-20-9-6-11-22(17-20)31-14-7-15-32-24-13-4-3-12-23(24)30-2/h3-6,8-13,16-18H,7,14-15H2,1-2H3/b25-18-. The van der Waals surface area contributed by atoms with Crippen LogP contribution < -0.4 is 19.1 Å². The summed E-state index contributed by atoms with van der Waals surface area (Å²) in [7, 11) is 1.62. The number of anilines is 1. The summed E-state index contributed by atoms with van der Waals surface area (Å²) in [4.78, 5) is 15.2. The fourth-order valence-electron chi connectivity index (χ4n) is 3.47. The Labute approximate surface area is 209 Å². The molecule has 3 aromatic rings. The maximum absolute atomic E-state index is 13.0. The van der Waals surface area contributed by atoms with E-state index in [1.807, 2.05) is 85.8 Å². The molecule has 1 saturated heterocycles. The number of thioether (sulfide) groups is 1. The first-order valence-corrected chi connectivity index (χ1v) is 12.1. The number of ether oxygens (including phenoxy) is 3. The van der Waals surface area contributed by atoms with E-state index in [0.717, 1.165) is 34.7 Å². The largest absolute Gasteiger partial charge is 0.493 e. The lowest BCUT2D eigenvalue weighted by Gasteiger charge is -2.14. The Morgan fingerprint density at radius 2 is 1.71 bits per heavy atom. The van der Waals surface area contributed by atoms with E-state index in [0.29, 0.717) is 28.2 Å². The fourth-order valence-corrected chi connectivity index (χ4v) is 4.77. The zero-order chi connectivity index (χ0) is 23.9. The van der Waals surface area contributed by atoms with Crippen LogP contribution in [0.5, 0.6) is 17.2 Å². The first kappa shape index (κ1) is 23.9. The van der Waals surface area contributed by atoms with Crippen LogP contribution in [0.1, 0.15) is 17.5 Å². The van der Waals surface area contributed by atoms with Crippen molar-refractivity contribution in [2.75, 3.05) is 25.2 Å². The summed E-state index contributed by atoms with van der Waals surface area (Å²) in [5.41, 5.74) is 2.75. The molecule has 5 nitrogen and oxygen atoms in total. The molecule has 0 radical (unpaired) electrons. The zero-order valence-electron chi connectivity index (χ0n) is 19.0. The molecule has 174 valence electrons. The van der Waals surface area contributed by atoms with Gasteiger partial charge in [-0.25, -0.2) is 0 Å². The molecule has 1 amide bonds. The molecule has 1 heterocycles. The van der Waals surface area contributed by atoms with Crippen LogP contribution in [-0.4, -0.2) is 30.6 Å². The maximum Gasteiger partial charge on any atom is 0.270 e. The van der Waals surface area contributed by atoms with Crippen molar-refractivity contribution < 1.29 is 19.0 Å². The third-order valence-electron chi connectivity index (χ3n) is 5.09. The normalized spacial score (nSPS) is 14.5. The minimum atomic E-state index is -0.111. The first-order chi connectivity index (χ1) is 16.5. The van der Waals surface area contributed by atoms with Gasteiger partial charge in [0.2, 0.25) is 0 Å². The average molecular weight is 492 g/mol. The van der Waals surface area contributed by atoms with Gasteiger partial charge >= 0.3 is 0 Å². The van der Waals surface area contributed by atoms with Gasteiger partial charge in [-0.1, -0.05) is 60.4 Å². The molecule has 34 heavy (non-hydrogen) atoms. The van der Waals surface area contributed by atoms with Gasteiger partial charge in [0.1, 0.15) is 5.75 Å². The third-order valence-corrected chi connectivity index (χ3v) is 6.40. The van der Waals surface area contributed by atoms with Crippen LogP contribution in [0, 0.1) is 6.92 Å². The summed E-state index contributed by atoms with van der Waals surface area (Å²) in [6, 6.07) is 23.0. The third kappa shape index (κ3) is 5.79. The topological polar surface area (TPSA) is 48.0 Å². The van der Waals surface area contributed by atoms with Gasteiger partial charge in [0.25, 0.3) is 5.91 Å². The highest BCUT2D eigenvalue weighted by atomic mass is 32.2. The maximum atomic E-state index is 13.0. The predicted molar refractivity (Wildman–Crippen MR) is 142 cm³/mol. The number of hydrogen-bond acceptors (Lipinski definition) is 6. The van der Waals surface area contributed by atoms with Gasteiger partial charge < -0.3 is 14.2 Å². The second kappa shape index (κ2) is 11.2. The lowest BCUT2D eigenvalue weighted by atomic mass is 10.2. The van der Waals surface area contributed by atoms with Crippen molar-refractivity contribution in [3.8, 4) is 17.2 Å². The molecule has 1 fully saturated rings. The molecule has 0 aliphatic carbocycles. The molecule has 4 rings (SSSR count). The Morgan fingerprint density at radius 1 is 0.941 bits per heavy atom. The van der Waals surface area contributed by atoms with E-state index in [4.69, 9.17) is 26.4 Å². The molecular weight excluding hydrogens is 466 g/mol. The van der Waals surface area contributed by atoms with Crippen LogP contribution in [0.4, 0.5) is 5.69 Å². The number of carbonyl (C=O) groups excluding carboxylic acids is 1. The number of carbonyl (C=O) groups is 1. The number of nitrogens with zero attached hydrogens (tertiary/aromatic N) is 1. The minimum absolute atomic E-state index is 0.111. The molecule has 1 aliphatic heterocycles. The molecule has 0 saturated carbocycles. The SMILES string of the molecule is COc1ccccc1OCCCOc1cccc(/C=C2\SC(=S)N(c3cccc(C)c3)C2=O)c1. The molecule has 0 atom stereocenters. The van der Waals surface area contributed by atoms with Crippen molar-refractivity contribution >= 4 is 46.0 Å². The van der Waals surface area contributed by atoms with Gasteiger partial charge in [0.05, 0.1) is 30.9 Å². The number of methoxy groups -OCH3 is 1. The van der Waals surface area contributed by atoms with E-state index in [9.17, 15) is 4.79 Å². The number of para-hydroxylation sites is 2. The highest BCUT2D eigenvalue weighted by molar-refractivity contribution is 8.27. The molecule has 0 spiro atoms. The number of aryl methyl sites for hydroxylation is 1. The summed E-state index contributed by atoms with van der Waals surface area (Å²) < 4.78 is 17.5. The molecule has 1 aliphatic rings. The highest BCUT2D eigenvalue weighted by Crippen LogP contribution is 2.36. The van der Waals surface area contributed by atoms with Gasteiger partial charge in [0, 0.05) is 6.42 Å². The van der Waals surface area contributed by atoms with Crippen LogP contribution in [0.3, 0.4) is 0 Å². The lowest BCUT2D eigenvalue weighted by Crippen LogP contribution is -2.27. The molecule has 0 unspecified atom stereocenters. The fraction of sp³-hybridized carbons (Fsp3) is 0.185. The van der Waals surface area contributed by atoms with Crippen LogP contribution in [0.15, 0.2) is 77.7 Å². The Bertz CT molecular complexity index is 1220. The summed E-state index contributed by atoms with van der Waals surface area (Å²) in [5.74, 6) is 2.06. The average Bonchev–Trinajstić information content (AvgIpc) is 3.11. The smallest absolute Gasteiger partial charge is 0.270 e. The van der Waals surface area contributed by atoms with Gasteiger partial charge in [0.15, 0.2) is 15.8 Å². The van der Waals surface area contributed by atoms with E-state index in [2.05, 4.69) is 0 Å². The first-order valence-electron chi connectivity index (χ1n) is 10.9. The summed E-state index contributed by atoms with van der Waals surface area (Å²) in [6.07, 6.45) is 2.57. The number of thiocarbonyl (C=S) groups is 1. The highest BCUT2D eigenvalue weighted by Gasteiger charge is 2.33. The van der Waals surface area contributed by atoms with Crippen LogP contribution >= 0.6 is 24.0 Å². The van der Waals surface area contributed by atoms with E-state index >= 15 is 0 Å². The molecule has 0 N–H and O–H groups in total. The molecular formula is C27H25NO4S2. The van der Waals surface area contributed by atoms with Crippen molar-refractivity contribution in [1.29, 1.82) is 0 Å². The lowest BCUT2D eigenvalue weighted by molar-refractivity contribution is -0.113. The van der Waals surface area contributed by atoms with E-state index in [-0.39, 0.29) is 5.91 Å². The predicted octanol–water partition coefficient (Wildman–Crippen LogP) is 6.26. The summed E-state index contributed by atoms with van der Waals surface area (Å²) in [6.45, 7) is 3.02. The zero-order valence-corrected chi connectivity index (χ0v) is 20.7. The minimum Gasteiger partial charge on any atom is -0.493 e. The number of rotatable bonds is 9. The Morgan fingerprint density at radius 3 is 2.50 bits per heavy atom. The van der Waals surface area contributed by atoms with Gasteiger partial charge in [-0.05, 0) is 60.5 Å². The van der Waals surface area contributed by atoms with Crippen LogP contribution in [0.25, 0.3) is 6.08 Å². The molecule has 0 bridgehead atoms. The molecule has 7 heteroatoms. The summed E-state index contributed by atoms with van der Waals surface area (Å²) in [5, 5.41) is 0. The molecule has 3 aromatic carbocycles. The van der Waals surface area contributed by atoms with E-state index in [1.54, 1.807) is 12.0 Å². The number of amides is 1. The summed E-state index contributed by atoms with van der Waals surface area (Å²) >= 11 is 6.79. The Balaban J connectivity index is 1.34. The van der Waals surface area contributed by atoms with Crippen molar-refractivity contribution in [3.05, 3.63) is 88.8 Å². The Kier molecular flexibility index (Phi) is 7.87. The van der Waals surface area contributed by atoms with Crippen molar-refractivity contribution in [1.82, 2.24) is 0 Å². The van der Waals surface area contributed by atoms with Gasteiger partial charge in [-0.15, -0.1) is 0 Å². The van der Waals surface area contributed by atoms with Crippen molar-refractivity contribution in [3.63, 3.8) is 0 Å². The quantitative estimate of drug-likeness (QED) is 0.200.